The van der Waals surface area contributed by atoms with Crippen LogP contribution in [-0.2, 0) is 10.8 Å². The molecule has 8 aromatic carbocycles. The second-order valence-corrected chi connectivity index (χ2v) is 17.6. The van der Waals surface area contributed by atoms with Gasteiger partial charge in [-0.3, -0.25) is 0 Å². The Hall–Kier alpha value is -6.22. The number of fused-ring (bicyclic) bond motifs is 9. The molecule has 0 saturated heterocycles. The molecule has 268 valence electrons. The van der Waals surface area contributed by atoms with Gasteiger partial charge < -0.3 is 4.90 Å². The molecule has 2 aliphatic rings. The largest absolute Gasteiger partial charge is 0.310 e. The average molecular weight is 736 g/mol. The fraction of sp³-hybridized carbons (Fsp3) is 0.111. The van der Waals surface area contributed by atoms with E-state index in [4.69, 9.17) is 0 Å². The van der Waals surface area contributed by atoms with Gasteiger partial charge in [-0.15, -0.1) is 11.3 Å². The molecule has 0 radical (unpaired) electrons. The summed E-state index contributed by atoms with van der Waals surface area (Å²) in [6.45, 7) is 9.45. The van der Waals surface area contributed by atoms with Gasteiger partial charge in [0.15, 0.2) is 0 Å². The summed E-state index contributed by atoms with van der Waals surface area (Å²) in [5.41, 5.74) is 19.2. The minimum atomic E-state index is -0.161. The van der Waals surface area contributed by atoms with E-state index < -0.39 is 0 Å². The second kappa shape index (κ2) is 12.1. The van der Waals surface area contributed by atoms with Crippen molar-refractivity contribution in [3.63, 3.8) is 0 Å². The van der Waals surface area contributed by atoms with Crippen LogP contribution in [0.5, 0.6) is 0 Å². The van der Waals surface area contributed by atoms with Crippen molar-refractivity contribution < 1.29 is 0 Å². The van der Waals surface area contributed by atoms with Crippen LogP contribution in [0.1, 0.15) is 49.9 Å². The van der Waals surface area contributed by atoms with Gasteiger partial charge >= 0.3 is 0 Å². The van der Waals surface area contributed by atoms with Gasteiger partial charge in [0, 0.05) is 42.4 Å². The SMILES string of the molecule is CC1(C)c2ccccc2-c2cc(-c3ccc(N(c4ccc(-c5cccc6c5sc5ccccc56)cc4)c4cccc5c4C(C)(C)c4ccccc4-5)cc3)ccc21. The van der Waals surface area contributed by atoms with Crippen LogP contribution in [0.15, 0.2) is 176 Å². The van der Waals surface area contributed by atoms with Crippen LogP contribution in [0.4, 0.5) is 17.1 Å². The summed E-state index contributed by atoms with van der Waals surface area (Å²) in [7, 11) is 0. The van der Waals surface area contributed by atoms with Crippen LogP contribution < -0.4 is 4.90 Å². The third kappa shape index (κ3) is 4.79. The van der Waals surface area contributed by atoms with Crippen molar-refractivity contribution in [1.82, 2.24) is 0 Å². The molecule has 1 aromatic heterocycles. The lowest BCUT2D eigenvalue weighted by Gasteiger charge is -2.32. The number of benzene rings is 8. The highest BCUT2D eigenvalue weighted by molar-refractivity contribution is 7.26. The number of hydrogen-bond acceptors (Lipinski definition) is 2. The Labute approximate surface area is 333 Å². The first-order chi connectivity index (χ1) is 27.3. The van der Waals surface area contributed by atoms with Crippen molar-refractivity contribution in [2.45, 2.75) is 38.5 Å². The predicted octanol–water partition coefficient (Wildman–Crippen LogP) is 15.5. The summed E-state index contributed by atoms with van der Waals surface area (Å²) in [4.78, 5) is 2.47. The third-order valence-corrected chi connectivity index (χ3v) is 13.9. The molecule has 2 heteroatoms. The van der Waals surface area contributed by atoms with Gasteiger partial charge in [-0.1, -0.05) is 161 Å². The number of anilines is 3. The summed E-state index contributed by atoms with van der Waals surface area (Å²) in [5.74, 6) is 0. The van der Waals surface area contributed by atoms with Crippen LogP contribution in [0.2, 0.25) is 0 Å². The lowest BCUT2D eigenvalue weighted by Crippen LogP contribution is -2.20. The maximum Gasteiger partial charge on any atom is 0.0508 e. The number of nitrogens with zero attached hydrogens (tertiary/aromatic N) is 1. The van der Waals surface area contributed by atoms with Crippen LogP contribution in [0, 0.1) is 0 Å². The van der Waals surface area contributed by atoms with Gasteiger partial charge in [-0.25, -0.2) is 0 Å². The van der Waals surface area contributed by atoms with Gasteiger partial charge in [0.2, 0.25) is 0 Å². The lowest BCUT2D eigenvalue weighted by molar-refractivity contribution is 0.660. The van der Waals surface area contributed by atoms with E-state index in [0.717, 1.165) is 11.4 Å². The zero-order chi connectivity index (χ0) is 37.8. The number of rotatable bonds is 5. The highest BCUT2D eigenvalue weighted by Crippen LogP contribution is 2.55. The van der Waals surface area contributed by atoms with E-state index in [0.29, 0.717) is 0 Å². The molecular weight excluding hydrogens is 695 g/mol. The Bertz CT molecular complexity index is 3010. The molecule has 9 aromatic rings. The number of thiophene rings is 1. The van der Waals surface area contributed by atoms with Crippen molar-refractivity contribution >= 4 is 48.6 Å². The molecule has 0 saturated carbocycles. The maximum absolute atomic E-state index is 2.47. The van der Waals surface area contributed by atoms with Gasteiger partial charge in [-0.2, -0.15) is 0 Å². The Morgan fingerprint density at radius 2 is 0.929 bits per heavy atom. The highest BCUT2D eigenvalue weighted by atomic mass is 32.1. The van der Waals surface area contributed by atoms with Crippen molar-refractivity contribution in [1.29, 1.82) is 0 Å². The normalized spacial score (nSPS) is 14.4. The van der Waals surface area contributed by atoms with Crippen molar-refractivity contribution in [2.75, 3.05) is 4.90 Å². The van der Waals surface area contributed by atoms with E-state index in [9.17, 15) is 0 Å². The smallest absolute Gasteiger partial charge is 0.0508 e. The quantitative estimate of drug-likeness (QED) is 0.170. The molecule has 11 rings (SSSR count). The minimum Gasteiger partial charge on any atom is -0.310 e. The molecule has 1 nitrogen and oxygen atoms in total. The van der Waals surface area contributed by atoms with Crippen LogP contribution >= 0.6 is 11.3 Å². The van der Waals surface area contributed by atoms with E-state index in [-0.39, 0.29) is 10.8 Å². The van der Waals surface area contributed by atoms with Crippen LogP contribution in [0.3, 0.4) is 0 Å². The molecule has 0 unspecified atom stereocenters. The first-order valence-electron chi connectivity index (χ1n) is 19.7. The van der Waals surface area contributed by atoms with Crippen LogP contribution in [0.25, 0.3) is 64.7 Å². The highest BCUT2D eigenvalue weighted by Gasteiger charge is 2.39. The minimum absolute atomic E-state index is 0.00185. The molecule has 0 N–H and O–H groups in total. The van der Waals surface area contributed by atoms with Crippen molar-refractivity contribution in [3.8, 4) is 44.5 Å². The molecule has 0 amide bonds. The fourth-order valence-corrected chi connectivity index (χ4v) is 11.1. The first-order valence-corrected chi connectivity index (χ1v) is 20.5. The Balaban J connectivity index is 1.04. The van der Waals surface area contributed by atoms with E-state index in [1.54, 1.807) is 0 Å². The zero-order valence-electron chi connectivity index (χ0n) is 32.1. The Morgan fingerprint density at radius 1 is 0.393 bits per heavy atom. The van der Waals surface area contributed by atoms with Crippen molar-refractivity contribution in [2.24, 2.45) is 0 Å². The average Bonchev–Trinajstić information content (AvgIpc) is 3.82. The molecule has 0 spiro atoms. The number of hydrogen-bond donors (Lipinski definition) is 0. The van der Waals surface area contributed by atoms with E-state index >= 15 is 0 Å². The summed E-state index contributed by atoms with van der Waals surface area (Å²) in [6, 6.07) is 65.7. The van der Waals surface area contributed by atoms with Crippen molar-refractivity contribution in [3.05, 3.63) is 198 Å². The topological polar surface area (TPSA) is 3.24 Å². The van der Waals surface area contributed by atoms with Gasteiger partial charge in [0.05, 0.1) is 5.69 Å². The Morgan fingerprint density at radius 3 is 1.68 bits per heavy atom. The first kappa shape index (κ1) is 33.1. The summed E-state index contributed by atoms with van der Waals surface area (Å²) in [6.07, 6.45) is 0. The van der Waals surface area contributed by atoms with E-state index in [1.165, 1.54) is 92.6 Å². The monoisotopic (exact) mass is 735 g/mol. The third-order valence-electron chi connectivity index (χ3n) is 12.7. The van der Waals surface area contributed by atoms with E-state index in [2.05, 4.69) is 209 Å². The summed E-state index contributed by atoms with van der Waals surface area (Å²) >= 11 is 1.89. The molecule has 56 heavy (non-hydrogen) atoms. The molecule has 0 bridgehead atoms. The summed E-state index contributed by atoms with van der Waals surface area (Å²) in [5, 5.41) is 2.66. The van der Waals surface area contributed by atoms with Crippen LogP contribution in [-0.4, -0.2) is 0 Å². The Kier molecular flexibility index (Phi) is 7.18. The van der Waals surface area contributed by atoms with Gasteiger partial charge in [0.25, 0.3) is 0 Å². The molecule has 0 atom stereocenters. The second-order valence-electron chi connectivity index (χ2n) is 16.5. The lowest BCUT2D eigenvalue weighted by atomic mass is 9.81. The molecule has 2 aliphatic carbocycles. The van der Waals surface area contributed by atoms with Gasteiger partial charge in [0.1, 0.15) is 0 Å². The molecule has 0 aliphatic heterocycles. The van der Waals surface area contributed by atoms with E-state index in [1.807, 2.05) is 11.3 Å². The molecular formula is C54H41NS. The maximum atomic E-state index is 2.47. The molecule has 0 fully saturated rings. The van der Waals surface area contributed by atoms with Gasteiger partial charge in [-0.05, 0) is 109 Å². The summed E-state index contributed by atoms with van der Waals surface area (Å²) < 4.78 is 2.67. The molecule has 1 heterocycles. The predicted molar refractivity (Wildman–Crippen MR) is 240 cm³/mol. The fourth-order valence-electron chi connectivity index (χ4n) is 9.90. The standard InChI is InChI=1S/C54H41NS/c1-53(2)46-19-8-6-14-41(46)45-33-36(27-32-48(45)53)34-23-28-37(29-24-34)55(49-21-12-17-43-40-13-5-9-20-47(40)54(3,4)51(43)49)38-30-25-35(26-31-38)39-16-11-18-44-42-15-7-10-22-50(42)56-52(39)44/h5-33H,1-4H3. The zero-order valence-corrected chi connectivity index (χ0v) is 32.9.